The van der Waals surface area contributed by atoms with E-state index in [1.165, 1.54) is 4.90 Å². The first-order valence-corrected chi connectivity index (χ1v) is 29.8. The van der Waals surface area contributed by atoms with E-state index in [-0.39, 0.29) is 57.6 Å². The number of nitrogens with zero attached hydrogens (tertiary/aromatic N) is 6. The van der Waals surface area contributed by atoms with Crippen LogP contribution in [0.4, 0.5) is 0 Å². The van der Waals surface area contributed by atoms with Crippen molar-refractivity contribution in [1.29, 1.82) is 0 Å². The molecular formula is C61H77N9O12S2. The van der Waals surface area contributed by atoms with Gasteiger partial charge in [-0.3, -0.25) is 34.5 Å². The van der Waals surface area contributed by atoms with Gasteiger partial charge in [0.1, 0.15) is 53.6 Å². The lowest BCUT2D eigenvalue weighted by Gasteiger charge is -2.35. The fourth-order valence-electron chi connectivity index (χ4n) is 10.1. The number of aliphatic hydroxyl groups is 2. The van der Waals surface area contributed by atoms with E-state index in [1.807, 2.05) is 126 Å². The van der Waals surface area contributed by atoms with Gasteiger partial charge in [-0.05, 0) is 92.8 Å². The van der Waals surface area contributed by atoms with Crippen molar-refractivity contribution in [3.63, 3.8) is 0 Å². The maximum atomic E-state index is 14.0. The Balaban J connectivity index is 0.673. The van der Waals surface area contributed by atoms with E-state index in [2.05, 4.69) is 25.8 Å². The third-order valence-corrected chi connectivity index (χ3v) is 17.1. The smallest absolute Gasteiger partial charge is 0.306 e. The van der Waals surface area contributed by atoms with Gasteiger partial charge in [-0.15, -0.1) is 32.9 Å². The zero-order valence-electron chi connectivity index (χ0n) is 48.9. The number of aliphatic imine (C=N–C) groups is 1. The number of β-amino-alcohol motifs (C(OH)–C–C–N with tert-alkyl or cyclic N) is 1. The van der Waals surface area contributed by atoms with Crippen LogP contribution < -0.4 is 21.1 Å². The normalized spacial score (nSPS) is 17.3. The maximum Gasteiger partial charge on any atom is 0.306 e. The molecule has 1 fully saturated rings. The fourth-order valence-corrected chi connectivity index (χ4v) is 12.1. The molecule has 84 heavy (non-hydrogen) atoms. The molecular weight excluding hydrogens is 1110 g/mol. The summed E-state index contributed by atoms with van der Waals surface area (Å²) >= 11 is 3.16. The highest BCUT2D eigenvalue weighted by atomic mass is 32.1. The number of hydrogen-bond acceptors (Lipinski definition) is 18. The second-order valence-corrected chi connectivity index (χ2v) is 24.3. The monoisotopic (exact) mass is 1190 g/mol. The molecule has 0 aliphatic carbocycles. The minimum absolute atomic E-state index is 0.0334. The van der Waals surface area contributed by atoms with E-state index < -0.39 is 53.2 Å². The van der Waals surface area contributed by atoms with E-state index in [1.54, 1.807) is 34.8 Å². The number of nitrogens with two attached hydrogens (primary N) is 1. The number of aliphatic carboxylic acids is 1. The number of carboxylic acid groups (broad SMARTS) is 1. The second kappa shape index (κ2) is 28.4. The van der Waals surface area contributed by atoms with E-state index in [0.717, 1.165) is 53.8 Å². The van der Waals surface area contributed by atoms with Gasteiger partial charge in [0.2, 0.25) is 17.7 Å². The zero-order chi connectivity index (χ0) is 60.3. The Hall–Kier alpha value is -6.80. The molecule has 0 radical (unpaired) electrons. The summed E-state index contributed by atoms with van der Waals surface area (Å²) in [5.74, 6) is -0.524. The number of carboxylic acids is 1. The fraction of sp³-hybridized carbons (Fsp3) is 0.475. The summed E-state index contributed by atoms with van der Waals surface area (Å²) in [6.45, 7) is 17.3. The van der Waals surface area contributed by atoms with Crippen LogP contribution in [0.5, 0.6) is 5.75 Å². The average Bonchev–Trinajstić information content (AvgIpc) is 1.93. The molecule has 0 spiro atoms. The van der Waals surface area contributed by atoms with Crippen LogP contribution in [0.25, 0.3) is 15.4 Å². The van der Waals surface area contributed by atoms with Crippen molar-refractivity contribution in [2.24, 2.45) is 16.1 Å². The van der Waals surface area contributed by atoms with Crippen LogP contribution in [0.15, 0.2) is 83.3 Å². The number of hydrogen-bond donors (Lipinski definition) is 6. The Morgan fingerprint density at radius 3 is 2.07 bits per heavy atom. The maximum absolute atomic E-state index is 14.0. The van der Waals surface area contributed by atoms with Crippen LogP contribution in [0.1, 0.15) is 115 Å². The molecule has 0 saturated carbocycles. The van der Waals surface area contributed by atoms with Crippen molar-refractivity contribution in [3.05, 3.63) is 134 Å². The summed E-state index contributed by atoms with van der Waals surface area (Å²) in [5.41, 5.74) is 13.7. The Morgan fingerprint density at radius 1 is 0.821 bits per heavy atom. The van der Waals surface area contributed by atoms with Gasteiger partial charge in [0.15, 0.2) is 5.82 Å². The molecule has 3 aromatic carbocycles. The third kappa shape index (κ3) is 15.9. The number of thiophene rings is 1. The summed E-state index contributed by atoms with van der Waals surface area (Å²) in [7, 11) is 0. The number of thiazole rings is 1. The molecule has 450 valence electrons. The minimum atomic E-state index is -1.63. The lowest BCUT2D eigenvalue weighted by molar-refractivity contribution is -0.144. The Labute approximate surface area is 497 Å². The van der Waals surface area contributed by atoms with Crippen LogP contribution >= 0.6 is 22.7 Å². The molecule has 3 aromatic heterocycles. The summed E-state index contributed by atoms with van der Waals surface area (Å²) in [4.78, 5) is 65.6. The number of aromatic nitrogens is 4. The molecule has 8 rings (SSSR count). The molecule has 6 atom stereocenters. The molecule has 1 saturated heterocycles. The number of aliphatic hydroxyl groups excluding tert-OH is 1. The van der Waals surface area contributed by atoms with Gasteiger partial charge >= 0.3 is 5.97 Å². The number of amides is 3. The summed E-state index contributed by atoms with van der Waals surface area (Å²) in [6.07, 6.45) is -0.303. The Kier molecular flexibility index (Phi) is 21.4. The van der Waals surface area contributed by atoms with Gasteiger partial charge in [0, 0.05) is 29.0 Å². The summed E-state index contributed by atoms with van der Waals surface area (Å²) in [6, 6.07) is 19.8. The van der Waals surface area contributed by atoms with Crippen molar-refractivity contribution >= 4 is 52.1 Å². The van der Waals surface area contributed by atoms with Gasteiger partial charge in [0.05, 0.1) is 86.6 Å². The van der Waals surface area contributed by atoms with Gasteiger partial charge in [-0.1, -0.05) is 81.4 Å². The number of likely N-dealkylation sites (tertiary alicyclic amines) is 1. The standard InChI is InChI=1S/C61H77N9O12S2/c1-36-39(4)84-59-52(36)53(65-48(32-51(73)74)56-68-67-40(5)70(56)59)43-15-17-45(18-16-43)61(62,77)22-21-41-9-19-47(20-10-41)82-30-29-80-26-25-78-23-24-79-27-28-81-34-50(72)66-55(60(6,7)8)58(76)69-33-46(71)31-49(69)57(75)64-37(2)42-11-13-44(14-12-42)54-38(3)63-35-83-54/h9-20,35,37,46,48-49,55,71,77H,21-34,62H2,1-8H3,(H,64,75)(H,66,72)(H,73,74)/t37-,46+,48-,49-,55+,61?/m0/s1. The number of nitrogens with one attached hydrogen (secondary N) is 2. The molecule has 2 aliphatic heterocycles. The van der Waals surface area contributed by atoms with E-state index in [0.29, 0.717) is 74.7 Å². The van der Waals surface area contributed by atoms with Crippen LogP contribution in [0.2, 0.25) is 0 Å². The third-order valence-electron chi connectivity index (χ3n) is 14.9. The van der Waals surface area contributed by atoms with Crippen molar-refractivity contribution < 1.29 is 58.2 Å². The number of rotatable bonds is 28. The average molecular weight is 1190 g/mol. The molecule has 6 aromatic rings. The molecule has 1 unspecified atom stereocenters. The Morgan fingerprint density at radius 2 is 1.45 bits per heavy atom. The highest BCUT2D eigenvalue weighted by molar-refractivity contribution is 7.15. The highest BCUT2D eigenvalue weighted by Gasteiger charge is 2.45. The molecule has 0 bridgehead atoms. The molecule has 5 heterocycles. The number of aryl methyl sites for hydroxylation is 4. The lowest BCUT2D eigenvalue weighted by Crippen LogP contribution is -2.58. The van der Waals surface area contributed by atoms with Crippen molar-refractivity contribution in [3.8, 4) is 21.2 Å². The SMILES string of the molecule is Cc1ncsc1-c1ccc([C@H](C)NC(=O)[C@@H]2C[C@@H](O)CN2C(=O)[C@@H](NC(=O)COCCOCCOCCOCCOc2ccc(CCC(N)(O)c3ccc(C4=N[C@@H](CC(=O)O)c5nnc(C)n5-c5sc(C)c(C)c54)cc3)cc2)C(C)(C)C)cc1. The largest absolute Gasteiger partial charge is 0.491 e. The molecule has 2 aliphatic rings. The number of carbonyl (C=O) groups is 4. The van der Waals surface area contributed by atoms with Crippen LogP contribution in [-0.4, -0.2) is 154 Å². The first-order chi connectivity index (χ1) is 40.1. The molecule has 21 nitrogen and oxygen atoms in total. The quantitative estimate of drug-likeness (QED) is 0.0223. The number of carbonyl (C=O) groups excluding carboxylic acids is 3. The number of fused-ring (bicyclic) bond motifs is 3. The van der Waals surface area contributed by atoms with E-state index in [9.17, 15) is 34.5 Å². The van der Waals surface area contributed by atoms with Gasteiger partial charge in [0.25, 0.3) is 0 Å². The van der Waals surface area contributed by atoms with E-state index in [4.69, 9.17) is 34.4 Å². The van der Waals surface area contributed by atoms with Gasteiger partial charge < -0.3 is 54.5 Å². The van der Waals surface area contributed by atoms with Crippen LogP contribution in [-0.2, 0) is 50.3 Å². The van der Waals surface area contributed by atoms with Crippen LogP contribution in [0, 0.1) is 33.1 Å². The predicted molar refractivity (Wildman–Crippen MR) is 318 cm³/mol. The molecule has 3 amide bonds. The zero-order valence-corrected chi connectivity index (χ0v) is 50.5. The van der Waals surface area contributed by atoms with Crippen molar-refractivity contribution in [2.45, 2.75) is 117 Å². The number of benzene rings is 3. The first-order valence-electron chi connectivity index (χ1n) is 28.1. The Bertz CT molecular complexity index is 3240. The molecule has 7 N–H and O–H groups in total. The van der Waals surface area contributed by atoms with Crippen LogP contribution in [0.3, 0.4) is 0 Å². The molecule has 23 heteroatoms. The van der Waals surface area contributed by atoms with E-state index >= 15 is 0 Å². The number of ether oxygens (including phenoxy) is 5. The predicted octanol–water partition coefficient (Wildman–Crippen LogP) is 6.60. The first kappa shape index (κ1) is 63.2. The van der Waals surface area contributed by atoms with Gasteiger partial charge in [-0.2, -0.15) is 0 Å². The van der Waals surface area contributed by atoms with Gasteiger partial charge in [-0.25, -0.2) is 4.98 Å². The summed E-state index contributed by atoms with van der Waals surface area (Å²) < 4.78 is 30.2. The lowest BCUT2D eigenvalue weighted by atomic mass is 9.85. The highest BCUT2D eigenvalue weighted by Crippen LogP contribution is 2.40. The van der Waals surface area contributed by atoms with Crippen molar-refractivity contribution in [2.75, 3.05) is 66.0 Å². The van der Waals surface area contributed by atoms with Crippen molar-refractivity contribution in [1.82, 2.24) is 35.3 Å². The summed E-state index contributed by atoms with van der Waals surface area (Å²) in [5, 5.41) is 47.2. The minimum Gasteiger partial charge on any atom is -0.491 e. The topological polar surface area (TPSA) is 284 Å². The second-order valence-electron chi connectivity index (χ2n) is 22.3.